The van der Waals surface area contributed by atoms with Crippen LogP contribution in [0.4, 0.5) is 0 Å². The minimum atomic E-state index is -0.489. The highest BCUT2D eigenvalue weighted by molar-refractivity contribution is 6.05. The van der Waals surface area contributed by atoms with Crippen LogP contribution in [-0.4, -0.2) is 47.2 Å². The highest BCUT2D eigenvalue weighted by Crippen LogP contribution is 2.25. The van der Waals surface area contributed by atoms with Gasteiger partial charge in [0.1, 0.15) is 22.8 Å². The number of aryl methyl sites for hydroxylation is 1. The van der Waals surface area contributed by atoms with Crippen LogP contribution in [0.3, 0.4) is 0 Å². The van der Waals surface area contributed by atoms with Gasteiger partial charge in [0.15, 0.2) is 5.78 Å². The van der Waals surface area contributed by atoms with Gasteiger partial charge in [0, 0.05) is 23.4 Å². The maximum atomic E-state index is 13.0. The molecule has 1 aromatic carbocycles. The summed E-state index contributed by atoms with van der Waals surface area (Å²) in [6, 6.07) is 8.80. The zero-order valence-electron chi connectivity index (χ0n) is 19.1. The van der Waals surface area contributed by atoms with Crippen molar-refractivity contribution in [1.82, 2.24) is 9.88 Å². The first-order valence-electron chi connectivity index (χ1n) is 11.3. The van der Waals surface area contributed by atoms with Crippen molar-refractivity contribution in [3.05, 3.63) is 58.4 Å². The van der Waals surface area contributed by atoms with Crippen LogP contribution in [0.1, 0.15) is 77.7 Å². The largest absolute Gasteiger partial charge is 0.493 e. The Balaban J connectivity index is 1.76. The number of aromatic nitrogens is 1. The van der Waals surface area contributed by atoms with Gasteiger partial charge in [0.2, 0.25) is 0 Å². The number of amidine groups is 1. The molecule has 1 N–H and O–H groups in total. The monoisotopic (exact) mass is 437 g/mol. The second-order valence-electron chi connectivity index (χ2n) is 7.84. The average molecular weight is 438 g/mol. The van der Waals surface area contributed by atoms with E-state index in [1.807, 2.05) is 32.9 Å². The third kappa shape index (κ3) is 5.33. The van der Waals surface area contributed by atoms with Crippen molar-refractivity contribution in [2.24, 2.45) is 0 Å². The molecule has 170 valence electrons. The molecule has 0 saturated carbocycles. The fourth-order valence-electron chi connectivity index (χ4n) is 3.48. The summed E-state index contributed by atoms with van der Waals surface area (Å²) in [5.74, 6) is 0.00741. The van der Waals surface area contributed by atoms with Crippen LogP contribution >= 0.6 is 0 Å². The van der Waals surface area contributed by atoms with Crippen molar-refractivity contribution >= 4 is 17.6 Å². The van der Waals surface area contributed by atoms with Gasteiger partial charge < -0.3 is 14.4 Å². The first-order chi connectivity index (χ1) is 15.5. The molecule has 0 spiro atoms. The Morgan fingerprint density at radius 1 is 1.09 bits per heavy atom. The van der Waals surface area contributed by atoms with Crippen LogP contribution in [0.15, 0.2) is 30.3 Å². The number of hydrogen-bond acceptors (Lipinski definition) is 6. The van der Waals surface area contributed by atoms with Crippen molar-refractivity contribution in [1.29, 1.82) is 5.41 Å². The fourth-order valence-corrected chi connectivity index (χ4v) is 3.48. The summed E-state index contributed by atoms with van der Waals surface area (Å²) in [6.45, 7) is 7.34. The molecular weight excluding hydrogens is 406 g/mol. The van der Waals surface area contributed by atoms with Gasteiger partial charge in [-0.25, -0.2) is 9.78 Å². The molecule has 1 aromatic heterocycles. The van der Waals surface area contributed by atoms with Gasteiger partial charge in [0.25, 0.3) is 0 Å². The van der Waals surface area contributed by atoms with E-state index in [0.29, 0.717) is 36.8 Å². The van der Waals surface area contributed by atoms with Gasteiger partial charge in [-0.15, -0.1) is 0 Å². The number of unbranched alkanes of at least 4 members (excludes halogenated alkanes) is 1. The lowest BCUT2D eigenvalue weighted by Crippen LogP contribution is -2.30. The van der Waals surface area contributed by atoms with E-state index in [9.17, 15) is 9.59 Å². The van der Waals surface area contributed by atoms with Crippen LogP contribution in [-0.2, 0) is 17.7 Å². The normalized spacial score (nSPS) is 12.6. The van der Waals surface area contributed by atoms with Gasteiger partial charge >= 0.3 is 5.97 Å². The lowest BCUT2D eigenvalue weighted by Gasteiger charge is -2.17. The van der Waals surface area contributed by atoms with E-state index in [-0.39, 0.29) is 23.7 Å². The Morgan fingerprint density at radius 2 is 1.91 bits per heavy atom. The Morgan fingerprint density at radius 3 is 2.62 bits per heavy atom. The number of ether oxygens (including phenoxy) is 2. The number of benzene rings is 1. The highest BCUT2D eigenvalue weighted by atomic mass is 16.5. The fraction of sp³-hybridized carbons (Fsp3) is 0.440. The average Bonchev–Trinajstić information content (AvgIpc) is 3.11. The van der Waals surface area contributed by atoms with Crippen LogP contribution in [0.2, 0.25) is 0 Å². The minimum Gasteiger partial charge on any atom is -0.493 e. The number of esters is 1. The number of nitrogens with zero attached hydrogens (tertiary/aromatic N) is 2. The van der Waals surface area contributed by atoms with E-state index >= 15 is 0 Å². The van der Waals surface area contributed by atoms with E-state index in [2.05, 4.69) is 4.98 Å². The van der Waals surface area contributed by atoms with Gasteiger partial charge in [-0.3, -0.25) is 10.2 Å². The molecule has 0 unspecified atom stereocenters. The minimum absolute atomic E-state index is 0.0378. The molecule has 7 heteroatoms. The number of hydrogen-bond donors (Lipinski definition) is 1. The number of carbonyl (C=O) groups is 2. The first kappa shape index (κ1) is 23.4. The predicted octanol–water partition coefficient (Wildman–Crippen LogP) is 4.41. The number of rotatable bonds is 11. The standard InChI is InChI=1S/C25H31N3O4/c1-4-7-13-32-25(30)20-14-17(9-11-22(20)31-12-5-2)21(29)16-28-15-18-8-10-19(6-3)27-23(18)24(28)26/h8-11,14,26H,4-7,12-13,15-16H2,1-3H3. The topological polar surface area (TPSA) is 92.6 Å². The van der Waals surface area contributed by atoms with E-state index in [0.717, 1.165) is 36.9 Å². The molecule has 0 atom stereocenters. The highest BCUT2D eigenvalue weighted by Gasteiger charge is 2.28. The molecule has 2 aromatic rings. The molecule has 1 aliphatic rings. The van der Waals surface area contributed by atoms with Crippen LogP contribution < -0.4 is 4.74 Å². The molecule has 0 fully saturated rings. The van der Waals surface area contributed by atoms with Crippen molar-refractivity contribution < 1.29 is 19.1 Å². The summed E-state index contributed by atoms with van der Waals surface area (Å²) in [5, 5.41) is 8.45. The van der Waals surface area contributed by atoms with Crippen molar-refractivity contribution in [2.75, 3.05) is 19.8 Å². The van der Waals surface area contributed by atoms with E-state index < -0.39 is 5.97 Å². The van der Waals surface area contributed by atoms with Crippen LogP contribution in [0.5, 0.6) is 5.75 Å². The number of pyridine rings is 1. The molecule has 32 heavy (non-hydrogen) atoms. The predicted molar refractivity (Wildman–Crippen MR) is 123 cm³/mol. The van der Waals surface area contributed by atoms with E-state index in [1.165, 1.54) is 0 Å². The van der Waals surface area contributed by atoms with E-state index in [4.69, 9.17) is 14.9 Å². The maximum absolute atomic E-state index is 13.0. The molecule has 0 amide bonds. The molecule has 7 nitrogen and oxygen atoms in total. The molecular formula is C25H31N3O4. The SMILES string of the molecule is CCCCOC(=O)c1cc(C(=O)CN2Cc3ccc(CC)nc3C2=N)ccc1OCCC. The number of Topliss-reactive ketones (excluding diaryl/α,β-unsaturated/α-hetero) is 1. The summed E-state index contributed by atoms with van der Waals surface area (Å²) in [4.78, 5) is 31.9. The summed E-state index contributed by atoms with van der Waals surface area (Å²) in [5.41, 5.74) is 3.16. The molecule has 0 aliphatic carbocycles. The molecule has 2 heterocycles. The molecule has 0 bridgehead atoms. The van der Waals surface area contributed by atoms with Crippen LogP contribution in [0, 0.1) is 5.41 Å². The van der Waals surface area contributed by atoms with Gasteiger partial charge in [0.05, 0.1) is 19.8 Å². The lowest BCUT2D eigenvalue weighted by atomic mass is 10.1. The Kier molecular flexibility index (Phi) is 7.98. The summed E-state index contributed by atoms with van der Waals surface area (Å²) < 4.78 is 11.1. The number of nitrogens with one attached hydrogen (secondary N) is 1. The number of carbonyl (C=O) groups excluding carboxylic acids is 2. The molecule has 3 rings (SSSR count). The second-order valence-corrected chi connectivity index (χ2v) is 7.84. The Labute approximate surface area is 189 Å². The summed E-state index contributed by atoms with van der Waals surface area (Å²) in [6.07, 6.45) is 3.30. The Bertz CT molecular complexity index is 1000. The van der Waals surface area contributed by atoms with Gasteiger partial charge in [-0.2, -0.15) is 0 Å². The first-order valence-corrected chi connectivity index (χ1v) is 11.3. The van der Waals surface area contributed by atoms with Crippen LogP contribution in [0.25, 0.3) is 0 Å². The molecule has 0 saturated heterocycles. The third-order valence-electron chi connectivity index (χ3n) is 5.35. The maximum Gasteiger partial charge on any atom is 0.341 e. The number of fused-ring (bicyclic) bond motifs is 1. The number of ketones is 1. The Hall–Kier alpha value is -3.22. The van der Waals surface area contributed by atoms with Gasteiger partial charge in [-0.05, 0) is 43.5 Å². The van der Waals surface area contributed by atoms with E-state index in [1.54, 1.807) is 23.1 Å². The third-order valence-corrected chi connectivity index (χ3v) is 5.35. The zero-order valence-corrected chi connectivity index (χ0v) is 19.1. The smallest absolute Gasteiger partial charge is 0.341 e. The molecule has 1 aliphatic heterocycles. The summed E-state index contributed by atoms with van der Waals surface area (Å²) >= 11 is 0. The van der Waals surface area contributed by atoms with Crippen molar-refractivity contribution in [3.63, 3.8) is 0 Å². The quantitative estimate of drug-likeness (QED) is 0.318. The zero-order chi connectivity index (χ0) is 23.1. The van der Waals surface area contributed by atoms with Crippen molar-refractivity contribution in [3.8, 4) is 5.75 Å². The summed E-state index contributed by atoms with van der Waals surface area (Å²) in [7, 11) is 0. The second kappa shape index (κ2) is 10.9. The van der Waals surface area contributed by atoms with Gasteiger partial charge in [-0.1, -0.05) is 33.3 Å². The van der Waals surface area contributed by atoms with Crippen molar-refractivity contribution in [2.45, 2.75) is 53.0 Å². The lowest BCUT2D eigenvalue weighted by molar-refractivity contribution is 0.0495. The molecule has 0 radical (unpaired) electrons.